The van der Waals surface area contributed by atoms with Crippen LogP contribution in [0.15, 0.2) is 54.7 Å². The molecule has 1 aromatic heterocycles. The molecule has 33 heavy (non-hydrogen) atoms. The second-order valence-corrected chi connectivity index (χ2v) is 10.9. The highest BCUT2D eigenvalue weighted by molar-refractivity contribution is 7.88. The monoisotopic (exact) mass is 478 g/mol. The number of halogens is 4. The van der Waals surface area contributed by atoms with E-state index < -0.39 is 27.3 Å². The van der Waals surface area contributed by atoms with E-state index in [4.69, 9.17) is 0 Å². The van der Waals surface area contributed by atoms with Crippen LogP contribution in [0, 0.1) is 5.82 Å². The van der Waals surface area contributed by atoms with Gasteiger partial charge in [0.25, 0.3) is 0 Å². The molecule has 2 heterocycles. The summed E-state index contributed by atoms with van der Waals surface area (Å²) in [5.74, 6) is -0.431. The van der Waals surface area contributed by atoms with Crippen LogP contribution in [0.2, 0.25) is 0 Å². The maximum atomic E-state index is 13.8. The van der Waals surface area contributed by atoms with Crippen molar-refractivity contribution in [1.29, 1.82) is 0 Å². The highest BCUT2D eigenvalue weighted by Crippen LogP contribution is 2.51. The number of sulfonamides is 1. The van der Waals surface area contributed by atoms with Gasteiger partial charge in [-0.2, -0.15) is 17.5 Å². The Bertz CT molecular complexity index is 1300. The molecule has 1 atom stereocenters. The van der Waals surface area contributed by atoms with E-state index in [0.29, 0.717) is 24.9 Å². The first-order valence-electron chi connectivity index (χ1n) is 10.8. The molecule has 9 heteroatoms. The number of fused-ring (bicyclic) bond motifs is 1. The third-order valence-electron chi connectivity index (χ3n) is 6.92. The average molecular weight is 479 g/mol. The van der Waals surface area contributed by atoms with Gasteiger partial charge in [0, 0.05) is 23.7 Å². The van der Waals surface area contributed by atoms with Gasteiger partial charge in [-0.25, -0.2) is 12.8 Å². The average Bonchev–Trinajstić information content (AvgIpc) is 3.48. The summed E-state index contributed by atoms with van der Waals surface area (Å²) in [4.78, 5) is 4.31. The van der Waals surface area contributed by atoms with Crippen LogP contribution in [-0.4, -0.2) is 29.8 Å². The van der Waals surface area contributed by atoms with E-state index >= 15 is 0 Å². The van der Waals surface area contributed by atoms with E-state index in [-0.39, 0.29) is 17.5 Å². The van der Waals surface area contributed by atoms with Crippen molar-refractivity contribution in [3.05, 3.63) is 77.2 Å². The molecule has 1 aliphatic heterocycles. The van der Waals surface area contributed by atoms with E-state index in [1.165, 1.54) is 28.6 Å². The molecular formula is C24H22F4N2O2S. The molecule has 0 radical (unpaired) electrons. The summed E-state index contributed by atoms with van der Waals surface area (Å²) in [6.07, 6.45) is 0.222. The molecule has 1 spiro atoms. The molecule has 4 nitrogen and oxygen atoms in total. The van der Waals surface area contributed by atoms with Gasteiger partial charge >= 0.3 is 6.18 Å². The number of aromatic nitrogens is 1. The van der Waals surface area contributed by atoms with Crippen molar-refractivity contribution in [2.45, 2.75) is 49.1 Å². The van der Waals surface area contributed by atoms with Crippen molar-refractivity contribution in [3.63, 3.8) is 0 Å². The van der Waals surface area contributed by atoms with E-state index in [9.17, 15) is 26.0 Å². The van der Waals surface area contributed by atoms with E-state index in [1.807, 2.05) is 6.07 Å². The lowest BCUT2D eigenvalue weighted by Crippen LogP contribution is -2.29. The van der Waals surface area contributed by atoms with Crippen molar-refractivity contribution in [2.75, 3.05) is 6.54 Å². The number of rotatable bonds is 4. The summed E-state index contributed by atoms with van der Waals surface area (Å²) in [7, 11) is -3.63. The molecule has 2 aromatic carbocycles. The summed E-state index contributed by atoms with van der Waals surface area (Å²) in [5, 5.41) is 0.793. The van der Waals surface area contributed by atoms with E-state index in [0.717, 1.165) is 41.4 Å². The van der Waals surface area contributed by atoms with Crippen LogP contribution in [-0.2, 0) is 22.0 Å². The van der Waals surface area contributed by atoms with Crippen molar-refractivity contribution >= 4 is 20.9 Å². The maximum absolute atomic E-state index is 13.8. The molecule has 2 fully saturated rings. The first-order valence-corrected chi connectivity index (χ1v) is 12.4. The Morgan fingerprint density at radius 1 is 1.03 bits per heavy atom. The fraction of sp³-hybridized carbons (Fsp3) is 0.375. The van der Waals surface area contributed by atoms with Gasteiger partial charge in [-0.3, -0.25) is 4.98 Å². The van der Waals surface area contributed by atoms with Crippen molar-refractivity contribution in [2.24, 2.45) is 0 Å². The molecule has 1 saturated carbocycles. The molecule has 1 aliphatic carbocycles. The summed E-state index contributed by atoms with van der Waals surface area (Å²) < 4.78 is 79.4. The third-order valence-corrected chi connectivity index (χ3v) is 8.81. The van der Waals surface area contributed by atoms with Crippen molar-refractivity contribution in [1.82, 2.24) is 9.29 Å². The normalized spacial score (nSPS) is 25.5. The number of pyridine rings is 1. The van der Waals surface area contributed by atoms with Gasteiger partial charge in [-0.05, 0) is 79.1 Å². The Hall–Kier alpha value is -2.52. The topological polar surface area (TPSA) is 50.0 Å². The zero-order valence-corrected chi connectivity index (χ0v) is 18.5. The third kappa shape index (κ3) is 4.24. The van der Waals surface area contributed by atoms with Crippen LogP contribution < -0.4 is 0 Å². The Labute approximate surface area is 189 Å². The van der Waals surface area contributed by atoms with Gasteiger partial charge in [0.2, 0.25) is 10.0 Å². The molecule has 1 unspecified atom stereocenters. The highest BCUT2D eigenvalue weighted by atomic mass is 32.2. The maximum Gasteiger partial charge on any atom is 0.416 e. The number of hydrogen-bond donors (Lipinski definition) is 0. The van der Waals surface area contributed by atoms with Crippen molar-refractivity contribution < 1.29 is 26.0 Å². The van der Waals surface area contributed by atoms with Gasteiger partial charge in [0.15, 0.2) is 0 Å². The molecule has 1 saturated heterocycles. The van der Waals surface area contributed by atoms with Crippen LogP contribution in [0.4, 0.5) is 17.6 Å². The fourth-order valence-electron chi connectivity index (χ4n) is 5.07. The predicted octanol–water partition coefficient (Wildman–Crippen LogP) is 5.63. The smallest absolute Gasteiger partial charge is 0.256 e. The standard InChI is InChI=1S/C24H22F4N2O2S/c25-19-5-6-22-21(13-19)20(9-12-29-22)17-7-10-23(11-8-17)15-30(23)33(31,32)14-16-1-3-18(4-2-16)24(26,27)28/h1-6,9,12-13,17H,7-8,10-11,14-15H2. The minimum absolute atomic E-state index is 0.197. The lowest BCUT2D eigenvalue weighted by Gasteiger charge is -2.30. The quantitative estimate of drug-likeness (QED) is 0.361. The summed E-state index contributed by atoms with van der Waals surface area (Å²) in [6, 6.07) is 10.7. The van der Waals surface area contributed by atoms with Crippen molar-refractivity contribution in [3.8, 4) is 0 Å². The Balaban J connectivity index is 1.27. The fourth-order valence-corrected chi connectivity index (χ4v) is 7.05. The number of hydrogen-bond acceptors (Lipinski definition) is 3. The SMILES string of the molecule is O=S(=O)(Cc1ccc(C(F)(F)F)cc1)N1CC12CCC(c1ccnc3ccc(F)cc13)CC2. The summed E-state index contributed by atoms with van der Waals surface area (Å²) >= 11 is 0. The zero-order chi connectivity index (χ0) is 23.4. The van der Waals surface area contributed by atoms with Crippen LogP contribution in [0.3, 0.4) is 0 Å². The first kappa shape index (κ1) is 22.3. The highest BCUT2D eigenvalue weighted by Gasteiger charge is 2.58. The van der Waals surface area contributed by atoms with Gasteiger partial charge in [0.1, 0.15) is 5.82 Å². The minimum atomic E-state index is -4.45. The molecule has 3 aromatic rings. The molecule has 2 aliphatic rings. The lowest BCUT2D eigenvalue weighted by molar-refractivity contribution is -0.137. The minimum Gasteiger partial charge on any atom is -0.256 e. The van der Waals surface area contributed by atoms with Gasteiger partial charge in [-0.1, -0.05) is 12.1 Å². The second kappa shape index (κ2) is 7.77. The van der Waals surface area contributed by atoms with Gasteiger partial charge < -0.3 is 0 Å². The molecule has 174 valence electrons. The van der Waals surface area contributed by atoms with E-state index in [2.05, 4.69) is 4.98 Å². The van der Waals surface area contributed by atoms with Crippen LogP contribution in [0.5, 0.6) is 0 Å². The largest absolute Gasteiger partial charge is 0.416 e. The van der Waals surface area contributed by atoms with Crippen LogP contribution in [0.1, 0.15) is 48.3 Å². The summed E-state index contributed by atoms with van der Waals surface area (Å²) in [5.41, 5.74) is 0.906. The second-order valence-electron chi connectivity index (χ2n) is 9.02. The van der Waals surface area contributed by atoms with Crippen LogP contribution in [0.25, 0.3) is 10.9 Å². The van der Waals surface area contributed by atoms with E-state index in [1.54, 1.807) is 12.3 Å². The Morgan fingerprint density at radius 2 is 1.73 bits per heavy atom. The van der Waals surface area contributed by atoms with Gasteiger partial charge in [0.05, 0.1) is 16.8 Å². The molecule has 0 bridgehead atoms. The lowest BCUT2D eigenvalue weighted by atomic mass is 9.77. The number of benzene rings is 2. The number of alkyl halides is 3. The first-order chi connectivity index (χ1) is 15.6. The Kier molecular flexibility index (Phi) is 5.25. The van der Waals surface area contributed by atoms with Crippen LogP contribution >= 0.6 is 0 Å². The Morgan fingerprint density at radius 3 is 2.39 bits per heavy atom. The number of nitrogens with zero attached hydrogens (tertiary/aromatic N) is 2. The summed E-state index contributed by atoms with van der Waals surface area (Å²) in [6.45, 7) is 0.439. The zero-order valence-electron chi connectivity index (χ0n) is 17.6. The molecule has 0 N–H and O–H groups in total. The van der Waals surface area contributed by atoms with Gasteiger partial charge in [-0.15, -0.1) is 0 Å². The molecule has 5 rings (SSSR count). The molecule has 0 amide bonds. The predicted molar refractivity (Wildman–Crippen MR) is 116 cm³/mol. The molecular weight excluding hydrogens is 456 g/mol.